The number of amides is 2. The molecule has 6 heteroatoms. The first-order chi connectivity index (χ1) is 11.6. The Morgan fingerprint density at radius 1 is 1.29 bits per heavy atom. The minimum absolute atomic E-state index is 0.0181. The molecule has 1 aromatic rings. The number of carbonyl (C=O) groups is 1. The number of aliphatic hydroxyl groups excluding tert-OH is 1. The standard InChI is InChI=1S/C18H26FN3O2/c19-15-7-1-2-8-16(15)22-11-5-6-14(12-22)20-17(24)21-18(13-23)9-3-4-10-18/h1-2,7-8,14,23H,3-6,9-13H2,(H2,20,21,24). The number of carbonyl (C=O) groups excluding carboxylic acids is 1. The smallest absolute Gasteiger partial charge is 0.315 e. The fourth-order valence-corrected chi connectivity index (χ4v) is 3.86. The van der Waals surface area contributed by atoms with E-state index in [0.29, 0.717) is 12.2 Å². The number of hydrogen-bond acceptors (Lipinski definition) is 3. The van der Waals surface area contributed by atoms with E-state index in [9.17, 15) is 14.3 Å². The summed E-state index contributed by atoms with van der Waals surface area (Å²) in [5, 5.41) is 15.6. The van der Waals surface area contributed by atoms with Crippen LogP contribution in [0.1, 0.15) is 38.5 Å². The molecule has 0 radical (unpaired) electrons. The predicted octanol–water partition coefficient (Wildman–Crippen LogP) is 2.40. The number of anilines is 1. The molecule has 1 aliphatic carbocycles. The van der Waals surface area contributed by atoms with E-state index >= 15 is 0 Å². The van der Waals surface area contributed by atoms with Gasteiger partial charge in [-0.05, 0) is 37.8 Å². The van der Waals surface area contributed by atoms with Gasteiger partial charge in [-0.3, -0.25) is 0 Å². The molecule has 2 fully saturated rings. The number of nitrogens with zero attached hydrogens (tertiary/aromatic N) is 1. The average molecular weight is 335 g/mol. The molecule has 1 aromatic carbocycles. The molecule has 1 aliphatic heterocycles. The van der Waals surface area contributed by atoms with E-state index in [2.05, 4.69) is 10.6 Å². The maximum absolute atomic E-state index is 14.0. The van der Waals surface area contributed by atoms with Crippen molar-refractivity contribution in [2.24, 2.45) is 0 Å². The molecule has 3 rings (SSSR count). The van der Waals surface area contributed by atoms with Gasteiger partial charge < -0.3 is 20.6 Å². The Hall–Kier alpha value is -1.82. The van der Waals surface area contributed by atoms with Gasteiger partial charge in [0.25, 0.3) is 0 Å². The van der Waals surface area contributed by atoms with Gasteiger partial charge in [0.2, 0.25) is 0 Å². The van der Waals surface area contributed by atoms with Crippen LogP contribution in [0.3, 0.4) is 0 Å². The first kappa shape index (κ1) is 17.0. The minimum Gasteiger partial charge on any atom is -0.394 e. The van der Waals surface area contributed by atoms with Crippen molar-refractivity contribution in [2.45, 2.75) is 50.1 Å². The van der Waals surface area contributed by atoms with Gasteiger partial charge >= 0.3 is 6.03 Å². The molecule has 3 N–H and O–H groups in total. The zero-order chi connectivity index (χ0) is 17.0. The fourth-order valence-electron chi connectivity index (χ4n) is 3.86. The third-order valence-corrected chi connectivity index (χ3v) is 5.19. The predicted molar refractivity (Wildman–Crippen MR) is 91.6 cm³/mol. The van der Waals surface area contributed by atoms with Crippen molar-refractivity contribution in [3.05, 3.63) is 30.1 Å². The lowest BCUT2D eigenvalue weighted by Crippen LogP contribution is -2.57. The fraction of sp³-hybridized carbons (Fsp3) is 0.611. The molecule has 2 aliphatic rings. The van der Waals surface area contributed by atoms with E-state index in [0.717, 1.165) is 45.1 Å². The van der Waals surface area contributed by atoms with E-state index in [1.54, 1.807) is 12.1 Å². The molecule has 24 heavy (non-hydrogen) atoms. The molecular formula is C18H26FN3O2. The maximum atomic E-state index is 14.0. The summed E-state index contributed by atoms with van der Waals surface area (Å²) in [6.45, 7) is 1.37. The zero-order valence-corrected chi connectivity index (χ0v) is 13.9. The molecule has 1 heterocycles. The van der Waals surface area contributed by atoms with Crippen LogP contribution in [0.4, 0.5) is 14.9 Å². The van der Waals surface area contributed by atoms with Crippen LogP contribution in [-0.4, -0.2) is 42.4 Å². The molecule has 5 nitrogen and oxygen atoms in total. The summed E-state index contributed by atoms with van der Waals surface area (Å²) in [5.41, 5.74) is 0.122. The highest BCUT2D eigenvalue weighted by molar-refractivity contribution is 5.75. The van der Waals surface area contributed by atoms with Crippen molar-refractivity contribution in [3.63, 3.8) is 0 Å². The lowest BCUT2D eigenvalue weighted by Gasteiger charge is -2.36. The molecular weight excluding hydrogens is 309 g/mol. The first-order valence-electron chi connectivity index (χ1n) is 8.81. The van der Waals surface area contributed by atoms with E-state index in [4.69, 9.17) is 0 Å². The average Bonchev–Trinajstić information content (AvgIpc) is 3.04. The van der Waals surface area contributed by atoms with Gasteiger partial charge in [0.15, 0.2) is 0 Å². The van der Waals surface area contributed by atoms with Crippen LogP contribution in [0.5, 0.6) is 0 Å². The van der Waals surface area contributed by atoms with Crippen molar-refractivity contribution >= 4 is 11.7 Å². The summed E-state index contributed by atoms with van der Waals surface area (Å²) in [4.78, 5) is 14.3. The second kappa shape index (κ2) is 7.38. The zero-order valence-electron chi connectivity index (χ0n) is 13.9. The van der Waals surface area contributed by atoms with Gasteiger partial charge in [-0.15, -0.1) is 0 Å². The number of para-hydroxylation sites is 1. The van der Waals surface area contributed by atoms with E-state index in [-0.39, 0.29) is 24.5 Å². The lowest BCUT2D eigenvalue weighted by atomic mass is 9.99. The number of rotatable bonds is 4. The molecule has 0 spiro atoms. The number of benzene rings is 1. The Balaban J connectivity index is 1.57. The third-order valence-electron chi connectivity index (χ3n) is 5.19. The summed E-state index contributed by atoms with van der Waals surface area (Å²) >= 11 is 0. The number of halogens is 1. The van der Waals surface area contributed by atoms with Crippen molar-refractivity contribution in [3.8, 4) is 0 Å². The Morgan fingerprint density at radius 2 is 2.04 bits per heavy atom. The maximum Gasteiger partial charge on any atom is 0.315 e. The molecule has 2 amide bonds. The van der Waals surface area contributed by atoms with Crippen molar-refractivity contribution in [2.75, 3.05) is 24.6 Å². The SMILES string of the molecule is O=C(NC1CCCN(c2ccccc2F)C1)NC1(CO)CCCC1. The van der Waals surface area contributed by atoms with Crippen molar-refractivity contribution < 1.29 is 14.3 Å². The van der Waals surface area contributed by atoms with E-state index in [1.807, 2.05) is 11.0 Å². The van der Waals surface area contributed by atoms with Gasteiger partial charge in [-0.25, -0.2) is 9.18 Å². The second-order valence-electron chi connectivity index (χ2n) is 6.98. The minimum atomic E-state index is -0.468. The molecule has 132 valence electrons. The second-order valence-corrected chi connectivity index (χ2v) is 6.98. The van der Waals surface area contributed by atoms with Crippen LogP contribution in [-0.2, 0) is 0 Å². The summed E-state index contributed by atoms with van der Waals surface area (Å²) in [6.07, 6.45) is 5.50. The highest BCUT2D eigenvalue weighted by atomic mass is 19.1. The summed E-state index contributed by atoms with van der Waals surface area (Å²) < 4.78 is 14.0. The Morgan fingerprint density at radius 3 is 2.75 bits per heavy atom. The Kier molecular flexibility index (Phi) is 5.23. The van der Waals surface area contributed by atoms with E-state index < -0.39 is 5.54 Å². The quantitative estimate of drug-likeness (QED) is 0.792. The highest BCUT2D eigenvalue weighted by Gasteiger charge is 2.35. The van der Waals surface area contributed by atoms with Gasteiger partial charge in [0.1, 0.15) is 5.82 Å². The van der Waals surface area contributed by atoms with E-state index in [1.165, 1.54) is 6.07 Å². The van der Waals surface area contributed by atoms with Gasteiger partial charge in [0, 0.05) is 19.1 Å². The normalized spacial score (nSPS) is 23.1. The van der Waals surface area contributed by atoms with Crippen LogP contribution in [0.15, 0.2) is 24.3 Å². The topological polar surface area (TPSA) is 64.6 Å². The molecule has 1 atom stereocenters. The largest absolute Gasteiger partial charge is 0.394 e. The van der Waals surface area contributed by atoms with Crippen LogP contribution in [0.25, 0.3) is 0 Å². The summed E-state index contributed by atoms with van der Waals surface area (Å²) in [6, 6.07) is 6.50. The van der Waals surface area contributed by atoms with Crippen LogP contribution >= 0.6 is 0 Å². The monoisotopic (exact) mass is 335 g/mol. The lowest BCUT2D eigenvalue weighted by molar-refractivity contribution is 0.161. The third kappa shape index (κ3) is 3.80. The summed E-state index contributed by atoms with van der Waals surface area (Å²) in [5.74, 6) is -0.229. The molecule has 0 bridgehead atoms. The molecule has 1 saturated carbocycles. The van der Waals surface area contributed by atoms with Gasteiger partial charge in [-0.1, -0.05) is 25.0 Å². The van der Waals surface area contributed by atoms with Gasteiger partial charge in [-0.2, -0.15) is 0 Å². The van der Waals surface area contributed by atoms with Gasteiger partial charge in [0.05, 0.1) is 17.8 Å². The molecule has 0 aromatic heterocycles. The number of urea groups is 1. The first-order valence-corrected chi connectivity index (χ1v) is 8.81. The number of aliphatic hydroxyl groups is 1. The van der Waals surface area contributed by atoms with Crippen LogP contribution < -0.4 is 15.5 Å². The van der Waals surface area contributed by atoms with Crippen LogP contribution in [0.2, 0.25) is 0 Å². The van der Waals surface area contributed by atoms with Crippen molar-refractivity contribution in [1.29, 1.82) is 0 Å². The number of hydrogen-bond donors (Lipinski definition) is 3. The molecule has 1 unspecified atom stereocenters. The Labute approximate surface area is 142 Å². The molecule has 1 saturated heterocycles. The summed E-state index contributed by atoms with van der Waals surface area (Å²) in [7, 11) is 0. The number of nitrogens with one attached hydrogen (secondary N) is 2. The van der Waals surface area contributed by atoms with Crippen molar-refractivity contribution in [1.82, 2.24) is 10.6 Å². The van der Waals surface area contributed by atoms with Crippen LogP contribution in [0, 0.1) is 5.82 Å². The highest BCUT2D eigenvalue weighted by Crippen LogP contribution is 2.29. The number of piperidine rings is 1. The Bertz CT molecular complexity index is 575.